The Morgan fingerprint density at radius 3 is 3.11 bits per heavy atom. The summed E-state index contributed by atoms with van der Waals surface area (Å²) in [6, 6.07) is 7.78. The molecule has 0 bridgehead atoms. The van der Waals surface area contributed by atoms with Crippen LogP contribution in [-0.4, -0.2) is 44.4 Å². The number of benzene rings is 1. The molecule has 102 valence electrons. The highest BCUT2D eigenvalue weighted by Crippen LogP contribution is 2.28. The van der Waals surface area contributed by atoms with Gasteiger partial charge in [0.2, 0.25) is 0 Å². The van der Waals surface area contributed by atoms with Crippen LogP contribution in [0.2, 0.25) is 0 Å². The van der Waals surface area contributed by atoms with E-state index in [2.05, 4.69) is 10.6 Å². The van der Waals surface area contributed by atoms with Crippen molar-refractivity contribution < 1.29 is 14.3 Å². The number of morpholine rings is 1. The highest BCUT2D eigenvalue weighted by atomic mass is 16.5. The molecule has 1 fully saturated rings. The van der Waals surface area contributed by atoms with Crippen molar-refractivity contribution in [1.82, 2.24) is 10.6 Å². The van der Waals surface area contributed by atoms with Gasteiger partial charge in [-0.05, 0) is 11.6 Å². The summed E-state index contributed by atoms with van der Waals surface area (Å²) in [6.07, 6.45) is 0.293. The first-order valence-corrected chi connectivity index (χ1v) is 6.67. The molecule has 19 heavy (non-hydrogen) atoms. The van der Waals surface area contributed by atoms with Gasteiger partial charge in [-0.1, -0.05) is 18.2 Å². The number of hydrogen-bond acceptors (Lipinski definition) is 4. The maximum absolute atomic E-state index is 12.0. The van der Waals surface area contributed by atoms with E-state index in [1.165, 1.54) is 0 Å². The van der Waals surface area contributed by atoms with Gasteiger partial charge in [0, 0.05) is 26.1 Å². The summed E-state index contributed by atoms with van der Waals surface area (Å²) in [5.74, 6) is 0.753. The van der Waals surface area contributed by atoms with Crippen molar-refractivity contribution in [2.24, 2.45) is 0 Å². The third-order valence-corrected chi connectivity index (χ3v) is 3.45. The van der Waals surface area contributed by atoms with Gasteiger partial charge in [0.25, 0.3) is 5.91 Å². The SMILES string of the molecule is O=C(NCC1CNCCO1)C1Cc2ccccc2O1. The summed E-state index contributed by atoms with van der Waals surface area (Å²) in [5.41, 5.74) is 1.10. The zero-order valence-corrected chi connectivity index (χ0v) is 10.7. The zero-order valence-electron chi connectivity index (χ0n) is 10.7. The first-order valence-electron chi connectivity index (χ1n) is 6.67. The van der Waals surface area contributed by atoms with Gasteiger partial charge in [-0.3, -0.25) is 4.79 Å². The van der Waals surface area contributed by atoms with Crippen molar-refractivity contribution >= 4 is 5.91 Å². The van der Waals surface area contributed by atoms with E-state index in [0.29, 0.717) is 19.6 Å². The molecule has 2 atom stereocenters. The van der Waals surface area contributed by atoms with Crippen molar-refractivity contribution in [3.8, 4) is 5.75 Å². The minimum absolute atomic E-state index is 0.0569. The van der Waals surface area contributed by atoms with Gasteiger partial charge in [-0.25, -0.2) is 0 Å². The molecule has 2 N–H and O–H groups in total. The quantitative estimate of drug-likeness (QED) is 0.811. The molecular formula is C14H18N2O3. The molecule has 1 aromatic rings. The first kappa shape index (κ1) is 12.4. The largest absolute Gasteiger partial charge is 0.480 e. The lowest BCUT2D eigenvalue weighted by molar-refractivity contribution is -0.128. The third-order valence-electron chi connectivity index (χ3n) is 3.45. The van der Waals surface area contributed by atoms with Gasteiger partial charge in [-0.2, -0.15) is 0 Å². The number of para-hydroxylation sites is 1. The number of fused-ring (bicyclic) bond motifs is 1. The van der Waals surface area contributed by atoms with Gasteiger partial charge in [0.05, 0.1) is 12.7 Å². The minimum atomic E-state index is -0.408. The molecule has 1 amide bonds. The Balaban J connectivity index is 1.49. The van der Waals surface area contributed by atoms with Crippen LogP contribution in [0.5, 0.6) is 5.75 Å². The number of rotatable bonds is 3. The van der Waals surface area contributed by atoms with Gasteiger partial charge in [0.1, 0.15) is 5.75 Å². The summed E-state index contributed by atoms with van der Waals surface area (Å²) in [4.78, 5) is 12.0. The van der Waals surface area contributed by atoms with Gasteiger partial charge in [-0.15, -0.1) is 0 Å². The van der Waals surface area contributed by atoms with Crippen LogP contribution in [0, 0.1) is 0 Å². The van der Waals surface area contributed by atoms with Crippen molar-refractivity contribution in [3.63, 3.8) is 0 Å². The summed E-state index contributed by atoms with van der Waals surface area (Å²) in [5, 5.41) is 6.13. The average molecular weight is 262 g/mol. The van der Waals surface area contributed by atoms with Crippen LogP contribution in [0.1, 0.15) is 5.56 Å². The lowest BCUT2D eigenvalue weighted by atomic mass is 10.1. The summed E-state index contributed by atoms with van der Waals surface area (Å²) >= 11 is 0. The van der Waals surface area contributed by atoms with E-state index < -0.39 is 6.10 Å². The Bertz CT molecular complexity index is 433. The van der Waals surface area contributed by atoms with Crippen LogP contribution >= 0.6 is 0 Å². The smallest absolute Gasteiger partial charge is 0.261 e. The molecule has 2 aliphatic rings. The molecular weight excluding hydrogens is 244 g/mol. The van der Waals surface area contributed by atoms with Crippen LogP contribution in [0.4, 0.5) is 0 Å². The number of carbonyl (C=O) groups excluding carboxylic acids is 1. The van der Waals surface area contributed by atoms with Gasteiger partial charge >= 0.3 is 0 Å². The van der Waals surface area contributed by atoms with Crippen LogP contribution in [0.25, 0.3) is 0 Å². The molecule has 5 nitrogen and oxygen atoms in total. The molecule has 0 aromatic heterocycles. The number of amides is 1. The second kappa shape index (κ2) is 5.59. The van der Waals surface area contributed by atoms with Crippen LogP contribution in [0.15, 0.2) is 24.3 Å². The predicted octanol–water partition coefficient (Wildman–Crippen LogP) is 0.0947. The average Bonchev–Trinajstić information content (AvgIpc) is 2.90. The van der Waals surface area contributed by atoms with E-state index in [0.717, 1.165) is 24.4 Å². The zero-order chi connectivity index (χ0) is 13.1. The summed E-state index contributed by atoms with van der Waals surface area (Å²) in [6.45, 7) is 2.89. The lowest BCUT2D eigenvalue weighted by Gasteiger charge is -2.24. The highest BCUT2D eigenvalue weighted by molar-refractivity contribution is 5.82. The number of ether oxygens (including phenoxy) is 2. The topological polar surface area (TPSA) is 59.6 Å². The van der Waals surface area contributed by atoms with Crippen molar-refractivity contribution in [3.05, 3.63) is 29.8 Å². The molecule has 0 spiro atoms. The lowest BCUT2D eigenvalue weighted by Crippen LogP contribution is -2.47. The molecule has 2 aliphatic heterocycles. The Hall–Kier alpha value is -1.59. The Morgan fingerprint density at radius 1 is 1.42 bits per heavy atom. The fraction of sp³-hybridized carbons (Fsp3) is 0.500. The molecule has 2 heterocycles. The molecule has 1 aromatic carbocycles. The van der Waals surface area contributed by atoms with Gasteiger partial charge < -0.3 is 20.1 Å². The highest BCUT2D eigenvalue weighted by Gasteiger charge is 2.29. The van der Waals surface area contributed by atoms with Crippen LogP contribution in [0.3, 0.4) is 0 Å². The minimum Gasteiger partial charge on any atom is -0.480 e. The van der Waals surface area contributed by atoms with E-state index in [4.69, 9.17) is 9.47 Å². The van der Waals surface area contributed by atoms with Crippen molar-refractivity contribution in [1.29, 1.82) is 0 Å². The predicted molar refractivity (Wildman–Crippen MR) is 70.2 cm³/mol. The standard InChI is InChI=1S/C14H18N2O3/c17-14(16-9-11-8-15-5-6-18-11)13-7-10-3-1-2-4-12(10)19-13/h1-4,11,13,15H,5-9H2,(H,16,17). The number of hydrogen-bond donors (Lipinski definition) is 2. The molecule has 1 saturated heterocycles. The summed E-state index contributed by atoms with van der Waals surface area (Å²) in [7, 11) is 0. The first-order chi connectivity index (χ1) is 9.33. The fourth-order valence-electron chi connectivity index (χ4n) is 2.41. The molecule has 2 unspecified atom stereocenters. The molecule has 3 rings (SSSR count). The molecule has 5 heteroatoms. The van der Waals surface area contributed by atoms with E-state index in [-0.39, 0.29) is 12.0 Å². The third kappa shape index (κ3) is 2.88. The fourth-order valence-corrected chi connectivity index (χ4v) is 2.41. The van der Waals surface area contributed by atoms with Crippen LogP contribution < -0.4 is 15.4 Å². The molecule has 0 radical (unpaired) electrons. The van der Waals surface area contributed by atoms with Crippen molar-refractivity contribution in [2.45, 2.75) is 18.6 Å². The van der Waals surface area contributed by atoms with E-state index >= 15 is 0 Å². The van der Waals surface area contributed by atoms with E-state index in [1.54, 1.807) is 0 Å². The normalized spacial score (nSPS) is 25.5. The van der Waals surface area contributed by atoms with Crippen LogP contribution in [-0.2, 0) is 16.0 Å². The summed E-state index contributed by atoms with van der Waals surface area (Å²) < 4.78 is 11.2. The van der Waals surface area contributed by atoms with Gasteiger partial charge in [0.15, 0.2) is 6.10 Å². The second-order valence-electron chi connectivity index (χ2n) is 4.86. The number of carbonyl (C=O) groups is 1. The number of nitrogens with one attached hydrogen (secondary N) is 2. The molecule has 0 aliphatic carbocycles. The molecule has 0 saturated carbocycles. The monoisotopic (exact) mass is 262 g/mol. The Morgan fingerprint density at radius 2 is 2.32 bits per heavy atom. The second-order valence-corrected chi connectivity index (χ2v) is 4.86. The van der Waals surface area contributed by atoms with Crippen molar-refractivity contribution in [2.75, 3.05) is 26.2 Å². The Labute approximate surface area is 112 Å². The van der Waals surface area contributed by atoms with E-state index in [9.17, 15) is 4.79 Å². The Kier molecular flexibility index (Phi) is 3.66. The van der Waals surface area contributed by atoms with E-state index in [1.807, 2.05) is 24.3 Å². The maximum Gasteiger partial charge on any atom is 0.261 e. The maximum atomic E-state index is 12.0.